The normalized spacial score (nSPS) is 23.6. The van der Waals surface area contributed by atoms with E-state index in [9.17, 15) is 0 Å². The van der Waals surface area contributed by atoms with Crippen LogP contribution in [0.3, 0.4) is 0 Å². The Morgan fingerprint density at radius 3 is 0.950 bits per heavy atom. The van der Waals surface area contributed by atoms with E-state index < -0.39 is 0 Å². The Hall–Kier alpha value is -0.520. The Labute approximate surface area is 129 Å². The average molecular weight is 281 g/mol. The van der Waals surface area contributed by atoms with Crippen molar-refractivity contribution in [1.82, 2.24) is 0 Å². The topological polar surface area (TPSA) is 0 Å². The molecule has 0 saturated heterocycles. The number of rotatable bonds is 0. The Balaban J connectivity index is 0. The summed E-state index contributed by atoms with van der Waals surface area (Å²) in [5.74, 6) is 0. The summed E-state index contributed by atoms with van der Waals surface area (Å²) in [6, 6.07) is 0. The average Bonchev–Trinajstić information content (AvgIpc) is 2.28. The van der Waals surface area contributed by atoms with E-state index in [4.69, 9.17) is 0 Å². The van der Waals surface area contributed by atoms with Gasteiger partial charge in [-0.15, -0.1) is 0 Å². The molecule has 20 heavy (non-hydrogen) atoms. The summed E-state index contributed by atoms with van der Waals surface area (Å²) in [5.41, 5.74) is 4.10. The minimum Gasteiger partial charge on any atom is -0.0999 e. The molecule has 2 fully saturated rings. The minimum atomic E-state index is 0. The molecule has 0 bridgehead atoms. The van der Waals surface area contributed by atoms with Crippen LogP contribution >= 0.6 is 0 Å². The van der Waals surface area contributed by atoms with Crippen LogP contribution in [0.4, 0.5) is 0 Å². The summed E-state index contributed by atoms with van der Waals surface area (Å²) in [6.07, 6.45) is 10.4. The van der Waals surface area contributed by atoms with Gasteiger partial charge >= 0.3 is 0 Å². The van der Waals surface area contributed by atoms with Gasteiger partial charge in [0.2, 0.25) is 0 Å². The molecule has 0 unspecified atom stereocenters. The molecule has 120 valence electrons. The van der Waals surface area contributed by atoms with E-state index in [2.05, 4.69) is 40.9 Å². The molecule has 2 aliphatic rings. The second kappa shape index (κ2) is 8.70. The molecule has 0 radical (unpaired) electrons. The van der Waals surface area contributed by atoms with Crippen LogP contribution in [0.1, 0.15) is 93.9 Å². The lowest BCUT2D eigenvalue weighted by Crippen LogP contribution is -2.15. The highest BCUT2D eigenvalue weighted by molar-refractivity contribution is 5.00. The molecule has 0 aromatic rings. The van der Waals surface area contributed by atoms with E-state index in [1.54, 1.807) is 0 Å². The van der Waals surface area contributed by atoms with Gasteiger partial charge < -0.3 is 0 Å². The summed E-state index contributed by atoms with van der Waals surface area (Å²) in [4.78, 5) is 0. The molecule has 2 rings (SSSR count). The third kappa shape index (κ3) is 8.61. The van der Waals surface area contributed by atoms with Crippen molar-refractivity contribution in [2.75, 3.05) is 0 Å². The van der Waals surface area contributed by atoms with E-state index in [0.717, 1.165) is 0 Å². The lowest BCUT2D eigenvalue weighted by Gasteiger charge is -2.30. The summed E-state index contributed by atoms with van der Waals surface area (Å²) in [6.45, 7) is 17.3. The Morgan fingerprint density at radius 1 is 0.600 bits per heavy atom. The van der Waals surface area contributed by atoms with E-state index in [1.165, 1.54) is 62.5 Å². The third-order valence-corrected chi connectivity index (χ3v) is 4.62. The lowest BCUT2D eigenvalue weighted by atomic mass is 9.76. The molecule has 0 aromatic carbocycles. The van der Waals surface area contributed by atoms with E-state index in [1.807, 2.05) is 0 Å². The van der Waals surface area contributed by atoms with Crippen LogP contribution in [0.2, 0.25) is 0 Å². The molecule has 0 heterocycles. The zero-order chi connectivity index (χ0) is 13.8. The van der Waals surface area contributed by atoms with Crippen molar-refractivity contribution in [1.29, 1.82) is 0 Å². The molecule has 0 aliphatic heterocycles. The Kier molecular flexibility index (Phi) is 9.47. The fourth-order valence-electron chi connectivity index (χ4n) is 2.56. The summed E-state index contributed by atoms with van der Waals surface area (Å²) in [7, 11) is 0. The molecular formula is C20H40. The van der Waals surface area contributed by atoms with Crippen LogP contribution in [0, 0.1) is 10.8 Å². The molecule has 0 atom stereocenters. The van der Waals surface area contributed by atoms with Gasteiger partial charge in [0.05, 0.1) is 0 Å². The maximum absolute atomic E-state index is 3.98. The maximum atomic E-state index is 3.98. The predicted octanol–water partition coefficient (Wildman–Crippen LogP) is 7.56. The van der Waals surface area contributed by atoms with Gasteiger partial charge in [0.25, 0.3) is 0 Å². The molecule has 2 aliphatic carbocycles. The first-order valence-corrected chi connectivity index (χ1v) is 7.54. The van der Waals surface area contributed by atoms with E-state index in [-0.39, 0.29) is 14.9 Å². The predicted molar refractivity (Wildman–Crippen MR) is 96.2 cm³/mol. The van der Waals surface area contributed by atoms with Gasteiger partial charge in [0.1, 0.15) is 0 Å². The van der Waals surface area contributed by atoms with Gasteiger partial charge in [-0.2, -0.15) is 0 Å². The Morgan fingerprint density at radius 2 is 0.800 bits per heavy atom. The zero-order valence-corrected chi connectivity index (χ0v) is 13.1. The lowest BCUT2D eigenvalue weighted by molar-refractivity contribution is 0.279. The van der Waals surface area contributed by atoms with Gasteiger partial charge in [-0.3, -0.25) is 0 Å². The van der Waals surface area contributed by atoms with Crippen molar-refractivity contribution in [3.05, 3.63) is 24.3 Å². The highest BCUT2D eigenvalue weighted by Gasteiger charge is 2.22. The molecule has 0 heteroatoms. The summed E-state index contributed by atoms with van der Waals surface area (Å²) in [5, 5.41) is 0. The highest BCUT2D eigenvalue weighted by atomic mass is 14.3. The largest absolute Gasteiger partial charge is 0.0999 e. The highest BCUT2D eigenvalue weighted by Crippen LogP contribution is 2.37. The second-order valence-electron chi connectivity index (χ2n) is 7.83. The quantitative estimate of drug-likeness (QED) is 0.402. The molecule has 2 saturated carbocycles. The van der Waals surface area contributed by atoms with Crippen LogP contribution in [0.5, 0.6) is 0 Å². The van der Waals surface area contributed by atoms with Gasteiger partial charge in [-0.1, -0.05) is 66.9 Å². The van der Waals surface area contributed by atoms with Crippen LogP contribution in [0.25, 0.3) is 0 Å². The second-order valence-corrected chi connectivity index (χ2v) is 7.83. The van der Waals surface area contributed by atoms with Gasteiger partial charge in [-0.05, 0) is 62.2 Å². The van der Waals surface area contributed by atoms with Crippen LogP contribution < -0.4 is 0 Å². The first kappa shape index (κ1) is 21.8. The molecule has 0 aromatic heterocycles. The smallest absolute Gasteiger partial charge is 0.0318 e. The Bertz CT molecular complexity index is 248. The number of hydrogen-bond donors (Lipinski definition) is 0. The minimum absolute atomic E-state index is 0. The van der Waals surface area contributed by atoms with Crippen LogP contribution in [0.15, 0.2) is 24.3 Å². The van der Waals surface area contributed by atoms with Crippen LogP contribution in [-0.2, 0) is 0 Å². The monoisotopic (exact) mass is 280 g/mol. The van der Waals surface area contributed by atoms with E-state index in [0.29, 0.717) is 10.8 Å². The zero-order valence-electron chi connectivity index (χ0n) is 13.1. The first-order chi connectivity index (χ1) is 8.20. The number of hydrogen-bond acceptors (Lipinski definition) is 0. The third-order valence-electron chi connectivity index (χ3n) is 4.62. The number of allylic oxidation sites excluding steroid dienone is 2. The van der Waals surface area contributed by atoms with Crippen molar-refractivity contribution in [3.63, 3.8) is 0 Å². The molecule has 0 nitrogen and oxygen atoms in total. The van der Waals surface area contributed by atoms with Crippen molar-refractivity contribution in [3.8, 4) is 0 Å². The van der Waals surface area contributed by atoms with Crippen molar-refractivity contribution >= 4 is 0 Å². The summed E-state index contributed by atoms with van der Waals surface area (Å²) >= 11 is 0. The molecule has 0 amide bonds. The van der Waals surface area contributed by atoms with Crippen LogP contribution in [-0.4, -0.2) is 0 Å². The molecule has 0 spiro atoms. The van der Waals surface area contributed by atoms with Gasteiger partial charge in [-0.25, -0.2) is 0 Å². The fraction of sp³-hybridized carbons (Fsp3) is 0.800. The van der Waals surface area contributed by atoms with Gasteiger partial charge in [0, 0.05) is 0 Å². The van der Waals surface area contributed by atoms with Crippen molar-refractivity contribution in [2.24, 2.45) is 10.8 Å². The molecular weight excluding hydrogens is 240 g/mol. The van der Waals surface area contributed by atoms with Gasteiger partial charge in [0.15, 0.2) is 0 Å². The summed E-state index contributed by atoms with van der Waals surface area (Å²) < 4.78 is 0. The van der Waals surface area contributed by atoms with E-state index >= 15 is 0 Å². The fourth-order valence-corrected chi connectivity index (χ4v) is 2.56. The van der Waals surface area contributed by atoms with Crippen molar-refractivity contribution < 1.29 is 0 Å². The molecule has 0 N–H and O–H groups in total. The maximum Gasteiger partial charge on any atom is -0.0318 e. The SMILES string of the molecule is C.C.C=C1CCC(C)(C)CC1.C=C1CCC(C)(C)CC1. The van der Waals surface area contributed by atoms with Crippen molar-refractivity contribution in [2.45, 2.75) is 93.9 Å². The standard InChI is InChI=1S/2C9H16.2CH4/c2*1-8-4-6-9(2,3)7-5-8;;/h2*1,4-7H2,2-3H3;2*1H4. The first-order valence-electron chi connectivity index (χ1n) is 7.54.